The van der Waals surface area contributed by atoms with Crippen molar-refractivity contribution in [2.45, 2.75) is 18.9 Å². The number of morpholine rings is 1. The van der Waals surface area contributed by atoms with Crippen LogP contribution in [0.25, 0.3) is 0 Å². The maximum absolute atomic E-state index is 10.8. The van der Waals surface area contributed by atoms with Gasteiger partial charge in [-0.05, 0) is 36.1 Å². The number of benzene rings is 2. The van der Waals surface area contributed by atoms with Gasteiger partial charge in [0.1, 0.15) is 0 Å². The Labute approximate surface area is 161 Å². The third-order valence-corrected chi connectivity index (χ3v) is 5.19. The summed E-state index contributed by atoms with van der Waals surface area (Å²) < 4.78 is 5.41. The van der Waals surface area contributed by atoms with Crippen LogP contribution in [0.15, 0.2) is 48.5 Å². The van der Waals surface area contributed by atoms with Crippen molar-refractivity contribution in [2.75, 3.05) is 44.3 Å². The predicted molar refractivity (Wildman–Crippen MR) is 108 cm³/mol. The van der Waals surface area contributed by atoms with Crippen LogP contribution >= 0.6 is 12.4 Å². The van der Waals surface area contributed by atoms with Gasteiger partial charge in [-0.15, -0.1) is 12.4 Å². The number of β-amino-alcohol motifs (C(OH)–C–C–N with tert-alkyl or cyclic N) is 1. The largest absolute Gasteiger partial charge is 0.390 e. The number of nitrogens with zero attached hydrogens (tertiary/aromatic N) is 2. The maximum atomic E-state index is 10.8. The van der Waals surface area contributed by atoms with Crippen molar-refractivity contribution in [2.24, 2.45) is 0 Å². The average molecular weight is 375 g/mol. The second-order valence-electron chi connectivity index (χ2n) is 6.93. The van der Waals surface area contributed by atoms with Crippen LogP contribution in [0.2, 0.25) is 0 Å². The van der Waals surface area contributed by atoms with Crippen molar-refractivity contribution >= 4 is 23.8 Å². The maximum Gasteiger partial charge on any atom is 0.0845 e. The molecular weight excluding hydrogens is 348 g/mol. The minimum atomic E-state index is -0.391. The van der Waals surface area contributed by atoms with E-state index in [0.29, 0.717) is 13.1 Å². The lowest BCUT2D eigenvalue weighted by atomic mass is 10.0. The lowest BCUT2D eigenvalue weighted by Crippen LogP contribution is -2.44. The standard InChI is InChI=1S/C21H26N2O2.ClH/c24-19(15-22-11-13-25-14-12-22)16-23-20-7-3-1-5-17(20)9-10-18-6-2-4-8-21(18)23;/h1-8,19,24H,9-16H2;1H. The number of hydrogen-bond donors (Lipinski definition) is 1. The second-order valence-corrected chi connectivity index (χ2v) is 6.93. The van der Waals surface area contributed by atoms with Crippen LogP contribution in [-0.4, -0.2) is 55.5 Å². The molecule has 0 bridgehead atoms. The molecule has 2 aromatic carbocycles. The van der Waals surface area contributed by atoms with E-state index in [-0.39, 0.29) is 12.4 Å². The molecular formula is C21H27ClN2O2. The van der Waals surface area contributed by atoms with Crippen LogP contribution in [-0.2, 0) is 17.6 Å². The Morgan fingerprint density at radius 3 is 1.96 bits per heavy atom. The summed E-state index contributed by atoms with van der Waals surface area (Å²) in [5.41, 5.74) is 5.18. The molecule has 0 radical (unpaired) electrons. The van der Waals surface area contributed by atoms with Crippen LogP contribution in [0.5, 0.6) is 0 Å². The lowest BCUT2D eigenvalue weighted by molar-refractivity contribution is 0.0164. The number of halogens is 1. The first-order valence-corrected chi connectivity index (χ1v) is 9.23. The Hall–Kier alpha value is -1.59. The zero-order valence-corrected chi connectivity index (χ0v) is 15.8. The molecule has 26 heavy (non-hydrogen) atoms. The quantitative estimate of drug-likeness (QED) is 0.892. The smallest absolute Gasteiger partial charge is 0.0845 e. The molecule has 0 amide bonds. The zero-order valence-electron chi connectivity index (χ0n) is 15.0. The van der Waals surface area contributed by atoms with Crippen molar-refractivity contribution in [3.8, 4) is 0 Å². The number of aliphatic hydroxyl groups is 1. The van der Waals surface area contributed by atoms with Gasteiger partial charge in [0.2, 0.25) is 0 Å². The van der Waals surface area contributed by atoms with E-state index >= 15 is 0 Å². The second kappa shape index (κ2) is 8.87. The molecule has 1 unspecified atom stereocenters. The Kier molecular flexibility index (Phi) is 6.54. The van der Waals surface area contributed by atoms with E-state index in [1.807, 2.05) is 0 Å². The highest BCUT2D eigenvalue weighted by molar-refractivity contribution is 5.85. The van der Waals surface area contributed by atoms with Gasteiger partial charge in [-0.1, -0.05) is 36.4 Å². The SMILES string of the molecule is Cl.OC(CN1CCOCC1)CN1c2ccccc2CCc2ccccc21. The summed E-state index contributed by atoms with van der Waals surface area (Å²) in [6, 6.07) is 17.2. The molecule has 2 aliphatic rings. The third-order valence-electron chi connectivity index (χ3n) is 5.19. The number of hydrogen-bond acceptors (Lipinski definition) is 4. The molecule has 2 aliphatic heterocycles. The van der Waals surface area contributed by atoms with Gasteiger partial charge in [0.25, 0.3) is 0 Å². The van der Waals surface area contributed by atoms with Gasteiger partial charge in [-0.3, -0.25) is 4.90 Å². The number of rotatable bonds is 4. The summed E-state index contributed by atoms with van der Waals surface area (Å²) in [5, 5.41) is 10.8. The number of ether oxygens (including phenoxy) is 1. The van der Waals surface area contributed by atoms with Crippen molar-refractivity contribution < 1.29 is 9.84 Å². The van der Waals surface area contributed by atoms with E-state index in [9.17, 15) is 5.11 Å². The molecule has 1 atom stereocenters. The van der Waals surface area contributed by atoms with Gasteiger partial charge < -0.3 is 14.7 Å². The van der Waals surface area contributed by atoms with Crippen LogP contribution in [0.3, 0.4) is 0 Å². The molecule has 0 aromatic heterocycles. The summed E-state index contributed by atoms with van der Waals surface area (Å²) >= 11 is 0. The summed E-state index contributed by atoms with van der Waals surface area (Å²) in [7, 11) is 0. The first-order chi connectivity index (χ1) is 12.3. The van der Waals surface area contributed by atoms with Crippen molar-refractivity contribution in [1.82, 2.24) is 4.90 Å². The highest BCUT2D eigenvalue weighted by atomic mass is 35.5. The van der Waals surface area contributed by atoms with Crippen molar-refractivity contribution in [1.29, 1.82) is 0 Å². The Bertz CT molecular complexity index is 671. The molecule has 4 nitrogen and oxygen atoms in total. The molecule has 4 rings (SSSR count). The Balaban J connectivity index is 0.00000196. The minimum absolute atomic E-state index is 0. The fraction of sp³-hybridized carbons (Fsp3) is 0.429. The molecule has 140 valence electrons. The number of para-hydroxylation sites is 2. The predicted octanol–water partition coefficient (Wildman–Crippen LogP) is 3.04. The number of anilines is 2. The van der Waals surface area contributed by atoms with Gasteiger partial charge in [0, 0.05) is 31.0 Å². The van der Waals surface area contributed by atoms with E-state index in [0.717, 1.165) is 39.1 Å². The van der Waals surface area contributed by atoms with Gasteiger partial charge in [-0.2, -0.15) is 0 Å². The molecule has 0 aliphatic carbocycles. The van der Waals surface area contributed by atoms with Crippen molar-refractivity contribution in [3.63, 3.8) is 0 Å². The fourth-order valence-electron chi connectivity index (χ4n) is 3.92. The van der Waals surface area contributed by atoms with E-state index < -0.39 is 6.10 Å². The monoisotopic (exact) mass is 374 g/mol. The van der Waals surface area contributed by atoms with Crippen LogP contribution in [0.4, 0.5) is 11.4 Å². The molecule has 2 aromatic rings. The molecule has 1 saturated heterocycles. The zero-order chi connectivity index (χ0) is 17.1. The Morgan fingerprint density at radius 1 is 0.846 bits per heavy atom. The lowest BCUT2D eigenvalue weighted by Gasteiger charge is -2.33. The molecule has 0 saturated carbocycles. The van der Waals surface area contributed by atoms with E-state index in [2.05, 4.69) is 58.3 Å². The first-order valence-electron chi connectivity index (χ1n) is 9.23. The first kappa shape index (κ1) is 19.2. The van der Waals surface area contributed by atoms with Crippen LogP contribution < -0.4 is 4.90 Å². The molecule has 1 fully saturated rings. The summed E-state index contributed by atoms with van der Waals surface area (Å²) in [6.07, 6.45) is 1.70. The van der Waals surface area contributed by atoms with E-state index in [1.54, 1.807) is 0 Å². The summed E-state index contributed by atoms with van der Waals surface area (Å²) in [5.74, 6) is 0. The van der Waals surface area contributed by atoms with Crippen LogP contribution in [0, 0.1) is 0 Å². The number of aryl methyl sites for hydroxylation is 2. The van der Waals surface area contributed by atoms with Crippen molar-refractivity contribution in [3.05, 3.63) is 59.7 Å². The molecule has 5 heteroatoms. The highest BCUT2D eigenvalue weighted by Crippen LogP contribution is 2.35. The molecule has 1 N–H and O–H groups in total. The topological polar surface area (TPSA) is 35.9 Å². The van der Waals surface area contributed by atoms with E-state index in [1.165, 1.54) is 22.5 Å². The number of aliphatic hydroxyl groups excluding tert-OH is 1. The number of fused-ring (bicyclic) bond motifs is 2. The van der Waals surface area contributed by atoms with Gasteiger partial charge >= 0.3 is 0 Å². The Morgan fingerprint density at radius 2 is 1.38 bits per heavy atom. The molecule has 2 heterocycles. The molecule has 0 spiro atoms. The third kappa shape index (κ3) is 4.21. The van der Waals surface area contributed by atoms with Gasteiger partial charge in [0.15, 0.2) is 0 Å². The minimum Gasteiger partial charge on any atom is -0.390 e. The fourth-order valence-corrected chi connectivity index (χ4v) is 3.92. The highest BCUT2D eigenvalue weighted by Gasteiger charge is 2.23. The van der Waals surface area contributed by atoms with E-state index in [4.69, 9.17) is 4.74 Å². The van der Waals surface area contributed by atoms with Crippen LogP contribution in [0.1, 0.15) is 11.1 Å². The van der Waals surface area contributed by atoms with Gasteiger partial charge in [-0.25, -0.2) is 0 Å². The van der Waals surface area contributed by atoms with Gasteiger partial charge in [0.05, 0.1) is 25.9 Å². The summed E-state index contributed by atoms with van der Waals surface area (Å²) in [4.78, 5) is 4.60. The normalized spacial score (nSPS) is 18.3. The average Bonchev–Trinajstić information content (AvgIpc) is 2.80. The summed E-state index contributed by atoms with van der Waals surface area (Å²) in [6.45, 7) is 4.66.